The quantitative estimate of drug-likeness (QED) is 0.625. The van der Waals surface area contributed by atoms with Crippen molar-refractivity contribution in [3.8, 4) is 0 Å². The zero-order valence-electron chi connectivity index (χ0n) is 13.3. The molecule has 0 unspecified atom stereocenters. The molecular formula is C17H24N2O2. The molecule has 0 saturated heterocycles. The van der Waals surface area contributed by atoms with Crippen LogP contribution >= 0.6 is 0 Å². The van der Waals surface area contributed by atoms with Crippen molar-refractivity contribution in [2.75, 3.05) is 19.8 Å². The van der Waals surface area contributed by atoms with Crippen LogP contribution in [-0.4, -0.2) is 37.2 Å². The number of aromatic amines is 1. The van der Waals surface area contributed by atoms with Gasteiger partial charge < -0.3 is 14.5 Å². The number of hydrogen-bond donors (Lipinski definition) is 1. The van der Waals surface area contributed by atoms with E-state index in [4.69, 9.17) is 9.47 Å². The first-order valence-electron chi connectivity index (χ1n) is 7.47. The highest BCUT2D eigenvalue weighted by Crippen LogP contribution is 2.24. The van der Waals surface area contributed by atoms with E-state index in [2.05, 4.69) is 36.0 Å². The Balaban J connectivity index is 2.16. The van der Waals surface area contributed by atoms with Gasteiger partial charge in [0, 0.05) is 42.1 Å². The SMILES string of the molecule is CCOC(CN=Cc1c[nH]c2c(C)ccc(C)c12)OCC. The number of fused-ring (bicyclic) bond motifs is 1. The molecule has 0 radical (unpaired) electrons. The van der Waals surface area contributed by atoms with Crippen molar-refractivity contribution in [3.05, 3.63) is 35.0 Å². The number of nitrogens with zero attached hydrogens (tertiary/aromatic N) is 1. The van der Waals surface area contributed by atoms with Crippen LogP contribution in [0.15, 0.2) is 23.3 Å². The standard InChI is InChI=1S/C17H24N2O2/c1-5-20-15(21-6-2)11-18-9-14-10-19-17-13(4)8-7-12(3)16(14)17/h7-10,15,19H,5-6,11H2,1-4H3. The van der Waals surface area contributed by atoms with E-state index in [9.17, 15) is 0 Å². The minimum Gasteiger partial charge on any atom is -0.360 e. The summed E-state index contributed by atoms with van der Waals surface area (Å²) >= 11 is 0. The number of aromatic nitrogens is 1. The normalized spacial score (nSPS) is 12.0. The fraction of sp³-hybridized carbons (Fsp3) is 0.471. The lowest BCUT2D eigenvalue weighted by atomic mass is 10.0. The van der Waals surface area contributed by atoms with E-state index in [1.54, 1.807) is 0 Å². The molecule has 0 saturated carbocycles. The van der Waals surface area contributed by atoms with E-state index in [1.807, 2.05) is 26.3 Å². The summed E-state index contributed by atoms with van der Waals surface area (Å²) in [6.45, 7) is 9.93. The molecule has 0 spiro atoms. The second-order valence-electron chi connectivity index (χ2n) is 5.03. The zero-order valence-corrected chi connectivity index (χ0v) is 13.3. The first-order chi connectivity index (χ1) is 10.2. The fourth-order valence-corrected chi connectivity index (χ4v) is 2.46. The Labute approximate surface area is 126 Å². The van der Waals surface area contributed by atoms with Crippen LogP contribution in [-0.2, 0) is 9.47 Å². The topological polar surface area (TPSA) is 46.6 Å². The lowest BCUT2D eigenvalue weighted by Crippen LogP contribution is -2.20. The Bertz CT molecular complexity index is 611. The molecule has 4 nitrogen and oxygen atoms in total. The number of hydrogen-bond acceptors (Lipinski definition) is 3. The third-order valence-corrected chi connectivity index (χ3v) is 3.47. The number of rotatable bonds is 7. The van der Waals surface area contributed by atoms with Gasteiger partial charge in [0.2, 0.25) is 0 Å². The molecule has 0 bridgehead atoms. The van der Waals surface area contributed by atoms with Gasteiger partial charge in [-0.25, -0.2) is 0 Å². The molecule has 0 atom stereocenters. The summed E-state index contributed by atoms with van der Waals surface area (Å²) in [5.74, 6) is 0. The predicted octanol–water partition coefficient (Wildman–Crippen LogP) is 3.60. The van der Waals surface area contributed by atoms with Gasteiger partial charge in [-0.3, -0.25) is 4.99 Å². The first-order valence-corrected chi connectivity index (χ1v) is 7.47. The van der Waals surface area contributed by atoms with Crippen molar-refractivity contribution < 1.29 is 9.47 Å². The predicted molar refractivity (Wildman–Crippen MR) is 87.3 cm³/mol. The lowest BCUT2D eigenvalue weighted by molar-refractivity contribution is -0.128. The Kier molecular flexibility index (Phi) is 5.53. The summed E-state index contributed by atoms with van der Waals surface area (Å²) in [6, 6.07) is 4.28. The van der Waals surface area contributed by atoms with Gasteiger partial charge in [-0.15, -0.1) is 0 Å². The summed E-state index contributed by atoms with van der Waals surface area (Å²) in [5.41, 5.74) is 4.79. The molecule has 0 aliphatic carbocycles. The summed E-state index contributed by atoms with van der Waals surface area (Å²) < 4.78 is 11.0. The van der Waals surface area contributed by atoms with E-state index in [-0.39, 0.29) is 6.29 Å². The first kappa shape index (κ1) is 15.7. The molecule has 2 rings (SSSR count). The fourth-order valence-electron chi connectivity index (χ4n) is 2.46. The maximum atomic E-state index is 5.49. The Hall–Kier alpha value is -1.65. The Morgan fingerprint density at radius 1 is 1.14 bits per heavy atom. The van der Waals surface area contributed by atoms with Gasteiger partial charge in [-0.1, -0.05) is 12.1 Å². The summed E-state index contributed by atoms with van der Waals surface area (Å²) in [6.07, 6.45) is 3.64. The van der Waals surface area contributed by atoms with E-state index >= 15 is 0 Å². The molecular weight excluding hydrogens is 264 g/mol. The van der Waals surface area contributed by atoms with Crippen LogP contribution in [0.4, 0.5) is 0 Å². The van der Waals surface area contributed by atoms with Gasteiger partial charge >= 0.3 is 0 Å². The summed E-state index contributed by atoms with van der Waals surface area (Å²) in [5, 5.41) is 1.24. The van der Waals surface area contributed by atoms with Crippen molar-refractivity contribution in [2.24, 2.45) is 4.99 Å². The van der Waals surface area contributed by atoms with Crippen molar-refractivity contribution in [3.63, 3.8) is 0 Å². The highest BCUT2D eigenvalue weighted by Gasteiger charge is 2.08. The van der Waals surface area contributed by atoms with Crippen molar-refractivity contribution in [1.29, 1.82) is 0 Å². The molecule has 1 heterocycles. The van der Waals surface area contributed by atoms with Crippen LogP contribution in [0.1, 0.15) is 30.5 Å². The molecule has 0 amide bonds. The van der Waals surface area contributed by atoms with Gasteiger partial charge in [0.1, 0.15) is 0 Å². The summed E-state index contributed by atoms with van der Waals surface area (Å²) in [7, 11) is 0. The molecule has 0 aliphatic rings. The van der Waals surface area contributed by atoms with Crippen LogP contribution in [0, 0.1) is 13.8 Å². The van der Waals surface area contributed by atoms with Gasteiger partial charge in [0.25, 0.3) is 0 Å². The second-order valence-corrected chi connectivity index (χ2v) is 5.03. The maximum absolute atomic E-state index is 5.49. The minimum absolute atomic E-state index is 0.260. The number of benzene rings is 1. The van der Waals surface area contributed by atoms with Crippen LogP contribution < -0.4 is 0 Å². The third kappa shape index (κ3) is 3.71. The van der Waals surface area contributed by atoms with E-state index < -0.39 is 0 Å². The molecule has 4 heteroatoms. The van der Waals surface area contributed by atoms with E-state index in [1.165, 1.54) is 22.0 Å². The van der Waals surface area contributed by atoms with Crippen molar-refractivity contribution in [1.82, 2.24) is 4.98 Å². The minimum atomic E-state index is -0.260. The van der Waals surface area contributed by atoms with Crippen LogP contribution in [0.2, 0.25) is 0 Å². The van der Waals surface area contributed by atoms with E-state index in [0.29, 0.717) is 19.8 Å². The molecule has 1 N–H and O–H groups in total. The molecule has 2 aromatic rings. The molecule has 21 heavy (non-hydrogen) atoms. The summed E-state index contributed by atoms with van der Waals surface area (Å²) in [4.78, 5) is 7.81. The molecule has 114 valence electrons. The Morgan fingerprint density at radius 3 is 2.48 bits per heavy atom. The van der Waals surface area contributed by atoms with E-state index in [0.717, 1.165) is 5.56 Å². The smallest absolute Gasteiger partial charge is 0.176 e. The number of aryl methyl sites for hydroxylation is 2. The van der Waals surface area contributed by atoms with Crippen LogP contribution in [0.5, 0.6) is 0 Å². The molecule has 1 aromatic carbocycles. The molecule has 0 fully saturated rings. The number of H-pyrrole nitrogens is 1. The van der Waals surface area contributed by atoms with Gasteiger partial charge in [0.05, 0.1) is 6.54 Å². The zero-order chi connectivity index (χ0) is 15.2. The third-order valence-electron chi connectivity index (χ3n) is 3.47. The maximum Gasteiger partial charge on any atom is 0.176 e. The average molecular weight is 288 g/mol. The lowest BCUT2D eigenvalue weighted by Gasteiger charge is -2.13. The number of nitrogens with one attached hydrogen (secondary N) is 1. The van der Waals surface area contributed by atoms with Crippen LogP contribution in [0.3, 0.4) is 0 Å². The second kappa shape index (κ2) is 7.38. The largest absolute Gasteiger partial charge is 0.360 e. The van der Waals surface area contributed by atoms with Crippen molar-refractivity contribution in [2.45, 2.75) is 34.0 Å². The van der Waals surface area contributed by atoms with Gasteiger partial charge in [-0.2, -0.15) is 0 Å². The highest BCUT2D eigenvalue weighted by atomic mass is 16.7. The molecule has 0 aliphatic heterocycles. The highest BCUT2D eigenvalue weighted by molar-refractivity contribution is 6.01. The molecule has 1 aromatic heterocycles. The van der Waals surface area contributed by atoms with Gasteiger partial charge in [0.15, 0.2) is 6.29 Å². The van der Waals surface area contributed by atoms with Crippen molar-refractivity contribution >= 4 is 17.1 Å². The Morgan fingerprint density at radius 2 is 1.81 bits per heavy atom. The average Bonchev–Trinajstić information content (AvgIpc) is 2.89. The van der Waals surface area contributed by atoms with Gasteiger partial charge in [-0.05, 0) is 38.8 Å². The van der Waals surface area contributed by atoms with Crippen LogP contribution in [0.25, 0.3) is 10.9 Å². The number of ether oxygens (including phenoxy) is 2. The number of aliphatic imine (C=N–C) groups is 1. The monoisotopic (exact) mass is 288 g/mol.